The number of nitrogens with zero attached hydrogens (tertiary/aromatic N) is 2. The van der Waals surface area contributed by atoms with Crippen molar-refractivity contribution in [2.75, 3.05) is 24.1 Å². The number of rotatable bonds is 7. The Hall–Kier alpha value is -3.85. The third-order valence-corrected chi connectivity index (χ3v) is 7.36. The second-order valence-corrected chi connectivity index (χ2v) is 10.1. The summed E-state index contributed by atoms with van der Waals surface area (Å²) in [6, 6.07) is 19.0. The van der Waals surface area contributed by atoms with E-state index in [9.17, 15) is 13.2 Å². The van der Waals surface area contributed by atoms with Gasteiger partial charge in [0, 0.05) is 5.56 Å². The fourth-order valence-corrected chi connectivity index (χ4v) is 5.11. The monoisotopic (exact) mass is 493 g/mol. The van der Waals surface area contributed by atoms with Gasteiger partial charge in [0.1, 0.15) is 19.8 Å². The second kappa shape index (κ2) is 10.2. The van der Waals surface area contributed by atoms with Crippen LogP contribution in [0.25, 0.3) is 0 Å². The number of nitrogens with one attached hydrogen (secondary N) is 1. The van der Waals surface area contributed by atoms with Crippen LogP contribution in [0.4, 0.5) is 5.69 Å². The molecule has 3 aromatic carbocycles. The molecule has 0 aromatic heterocycles. The maximum absolute atomic E-state index is 13.5. The van der Waals surface area contributed by atoms with Crippen molar-refractivity contribution >= 4 is 27.3 Å². The molecule has 0 saturated carbocycles. The van der Waals surface area contributed by atoms with Crippen LogP contribution in [0.15, 0.2) is 76.7 Å². The van der Waals surface area contributed by atoms with Crippen molar-refractivity contribution in [2.45, 2.75) is 25.7 Å². The molecule has 1 aliphatic heterocycles. The summed E-state index contributed by atoms with van der Waals surface area (Å²) in [5, 5.41) is 4.18. The van der Waals surface area contributed by atoms with Crippen LogP contribution in [-0.4, -0.2) is 39.8 Å². The summed E-state index contributed by atoms with van der Waals surface area (Å²) >= 11 is 0. The number of hydrogen-bond acceptors (Lipinski definition) is 6. The summed E-state index contributed by atoms with van der Waals surface area (Å²) < 4.78 is 39.3. The van der Waals surface area contributed by atoms with E-state index in [0.29, 0.717) is 36.1 Å². The molecule has 0 bridgehead atoms. The van der Waals surface area contributed by atoms with Crippen molar-refractivity contribution in [2.24, 2.45) is 5.10 Å². The van der Waals surface area contributed by atoms with Gasteiger partial charge >= 0.3 is 0 Å². The first-order valence-corrected chi connectivity index (χ1v) is 12.6. The van der Waals surface area contributed by atoms with Gasteiger partial charge in [0.05, 0.1) is 16.3 Å². The van der Waals surface area contributed by atoms with E-state index in [1.807, 2.05) is 19.1 Å². The third kappa shape index (κ3) is 5.46. The Morgan fingerprint density at radius 2 is 1.66 bits per heavy atom. The first-order valence-electron chi connectivity index (χ1n) is 11.1. The molecule has 182 valence electrons. The van der Waals surface area contributed by atoms with E-state index in [4.69, 9.17) is 9.47 Å². The molecule has 3 aromatic rings. The Balaban J connectivity index is 1.57. The minimum Gasteiger partial charge on any atom is -0.486 e. The van der Waals surface area contributed by atoms with Crippen LogP contribution in [0.1, 0.15) is 23.6 Å². The van der Waals surface area contributed by atoms with E-state index in [0.717, 1.165) is 21.0 Å². The summed E-state index contributed by atoms with van der Waals surface area (Å²) in [5.41, 5.74) is 5.87. The third-order valence-electron chi connectivity index (χ3n) is 5.59. The van der Waals surface area contributed by atoms with Crippen LogP contribution in [0, 0.1) is 13.8 Å². The molecule has 0 saturated heterocycles. The minimum absolute atomic E-state index is 0.107. The number of hydrogen-bond donors (Lipinski definition) is 1. The largest absolute Gasteiger partial charge is 0.486 e. The molecule has 0 aliphatic carbocycles. The summed E-state index contributed by atoms with van der Waals surface area (Å²) in [4.78, 5) is 13.0. The smallest absolute Gasteiger partial charge is 0.264 e. The van der Waals surface area contributed by atoms with Gasteiger partial charge in [0.25, 0.3) is 15.9 Å². The van der Waals surface area contributed by atoms with Gasteiger partial charge < -0.3 is 9.47 Å². The molecule has 1 amide bonds. The molecule has 1 heterocycles. The molecule has 0 radical (unpaired) electrons. The lowest BCUT2D eigenvalue weighted by atomic mass is 10.1. The van der Waals surface area contributed by atoms with Crippen LogP contribution in [0.5, 0.6) is 11.5 Å². The van der Waals surface area contributed by atoms with Crippen LogP contribution in [0.2, 0.25) is 0 Å². The molecular weight excluding hydrogens is 466 g/mol. The normalized spacial score (nSPS) is 13.3. The molecule has 4 rings (SSSR count). The number of benzene rings is 3. The van der Waals surface area contributed by atoms with E-state index >= 15 is 0 Å². The lowest BCUT2D eigenvalue weighted by Crippen LogP contribution is -2.40. The van der Waals surface area contributed by atoms with Gasteiger partial charge in [0.15, 0.2) is 11.5 Å². The summed E-state index contributed by atoms with van der Waals surface area (Å²) in [7, 11) is -4.00. The topological polar surface area (TPSA) is 97.3 Å². The zero-order valence-electron chi connectivity index (χ0n) is 19.8. The van der Waals surface area contributed by atoms with Gasteiger partial charge in [-0.2, -0.15) is 5.10 Å². The van der Waals surface area contributed by atoms with Crippen LogP contribution >= 0.6 is 0 Å². The molecule has 0 atom stereocenters. The second-order valence-electron chi connectivity index (χ2n) is 8.20. The summed E-state index contributed by atoms with van der Waals surface area (Å²) in [5.74, 6) is 0.706. The van der Waals surface area contributed by atoms with Gasteiger partial charge in [-0.1, -0.05) is 35.9 Å². The Morgan fingerprint density at radius 1 is 0.971 bits per heavy atom. The fourth-order valence-electron chi connectivity index (χ4n) is 3.63. The molecule has 0 fully saturated rings. The van der Waals surface area contributed by atoms with E-state index < -0.39 is 22.5 Å². The van der Waals surface area contributed by atoms with Crippen LogP contribution in [0.3, 0.4) is 0 Å². The van der Waals surface area contributed by atoms with Gasteiger partial charge in [-0.15, -0.1) is 0 Å². The number of fused-ring (bicyclic) bond motifs is 1. The molecular formula is C26H27N3O5S. The van der Waals surface area contributed by atoms with E-state index in [2.05, 4.69) is 10.5 Å². The van der Waals surface area contributed by atoms with E-state index in [1.54, 1.807) is 56.3 Å². The number of hydrazone groups is 1. The number of aryl methyl sites for hydroxylation is 2. The first kappa shape index (κ1) is 24.3. The Bertz CT molecular complexity index is 1370. The quantitative estimate of drug-likeness (QED) is 0.399. The van der Waals surface area contributed by atoms with Crippen LogP contribution in [-0.2, 0) is 14.8 Å². The van der Waals surface area contributed by atoms with Crippen molar-refractivity contribution in [1.29, 1.82) is 0 Å². The maximum atomic E-state index is 13.5. The van der Waals surface area contributed by atoms with Crippen molar-refractivity contribution in [3.63, 3.8) is 0 Å². The molecule has 35 heavy (non-hydrogen) atoms. The van der Waals surface area contributed by atoms with Crippen molar-refractivity contribution < 1.29 is 22.7 Å². The van der Waals surface area contributed by atoms with Gasteiger partial charge in [-0.05, 0) is 62.7 Å². The average molecular weight is 494 g/mol. The van der Waals surface area contributed by atoms with E-state index in [1.165, 1.54) is 12.1 Å². The van der Waals surface area contributed by atoms with Crippen molar-refractivity contribution in [1.82, 2.24) is 5.43 Å². The highest BCUT2D eigenvalue weighted by molar-refractivity contribution is 7.92. The maximum Gasteiger partial charge on any atom is 0.264 e. The lowest BCUT2D eigenvalue weighted by Gasteiger charge is -2.25. The Kier molecular flexibility index (Phi) is 7.07. The molecule has 0 spiro atoms. The highest BCUT2D eigenvalue weighted by Crippen LogP contribution is 2.31. The molecule has 8 nitrogen and oxygen atoms in total. The number of amides is 1. The Labute approximate surface area is 205 Å². The number of para-hydroxylation sites is 1. The molecule has 1 aliphatic rings. The van der Waals surface area contributed by atoms with E-state index in [-0.39, 0.29) is 4.90 Å². The highest BCUT2D eigenvalue weighted by atomic mass is 32.2. The van der Waals surface area contributed by atoms with Crippen molar-refractivity contribution in [3.05, 3.63) is 83.4 Å². The summed E-state index contributed by atoms with van der Waals surface area (Å²) in [6.45, 7) is 5.96. The Morgan fingerprint density at radius 3 is 2.37 bits per heavy atom. The van der Waals surface area contributed by atoms with Gasteiger partial charge in [0.2, 0.25) is 0 Å². The van der Waals surface area contributed by atoms with Crippen LogP contribution < -0.4 is 19.2 Å². The highest BCUT2D eigenvalue weighted by Gasteiger charge is 2.28. The molecule has 0 unspecified atom stereocenters. The SMILES string of the molecule is C/C(=N/NC(=O)CN(c1ccccc1C)S(=O)(=O)c1ccc(C)cc1)c1ccc2c(c1)OCCO2. The predicted octanol–water partition coefficient (Wildman–Crippen LogP) is 3.81. The summed E-state index contributed by atoms with van der Waals surface area (Å²) in [6.07, 6.45) is 0. The molecule has 9 heteroatoms. The number of anilines is 1. The standard InChI is InChI=1S/C26H27N3O5S/c1-18-8-11-22(12-9-18)35(31,32)29(23-7-5-4-6-19(23)2)17-26(30)28-27-20(3)21-10-13-24-25(16-21)34-15-14-33-24/h4-13,16H,14-15,17H2,1-3H3,(H,28,30)/b27-20-. The number of carbonyl (C=O) groups excluding carboxylic acids is 1. The van der Waals surface area contributed by atoms with Crippen molar-refractivity contribution in [3.8, 4) is 11.5 Å². The zero-order chi connectivity index (χ0) is 25.0. The van der Waals surface area contributed by atoms with Gasteiger partial charge in [-0.25, -0.2) is 13.8 Å². The lowest BCUT2D eigenvalue weighted by molar-refractivity contribution is -0.119. The predicted molar refractivity (Wildman–Crippen MR) is 135 cm³/mol. The zero-order valence-corrected chi connectivity index (χ0v) is 20.6. The number of carbonyl (C=O) groups is 1. The first-order chi connectivity index (χ1) is 16.8. The molecule has 1 N–H and O–H groups in total. The number of sulfonamides is 1. The minimum atomic E-state index is -4.00. The average Bonchev–Trinajstić information content (AvgIpc) is 2.86. The fraction of sp³-hybridized carbons (Fsp3) is 0.231. The van der Waals surface area contributed by atoms with Gasteiger partial charge in [-0.3, -0.25) is 9.10 Å². The number of ether oxygens (including phenoxy) is 2.